The minimum absolute atomic E-state index is 0.00143. The number of aliphatic hydroxyl groups is 1. The lowest BCUT2D eigenvalue weighted by Crippen LogP contribution is -2.45. The second kappa shape index (κ2) is 21.5. The average molecular weight is 896 g/mol. The quantitative estimate of drug-likeness (QED) is 0.130. The maximum Gasteiger partial charge on any atom is 0.249 e. The van der Waals surface area contributed by atoms with Crippen LogP contribution in [0.3, 0.4) is 0 Å². The Hall–Kier alpha value is -6.06. The van der Waals surface area contributed by atoms with Gasteiger partial charge < -0.3 is 30.1 Å². The third-order valence-electron chi connectivity index (χ3n) is 11.9. The summed E-state index contributed by atoms with van der Waals surface area (Å²) in [5.41, 5.74) is 9.49. The van der Waals surface area contributed by atoms with Gasteiger partial charge in [0.2, 0.25) is 11.8 Å². The van der Waals surface area contributed by atoms with E-state index in [-0.39, 0.29) is 66.4 Å². The molecule has 0 unspecified atom stereocenters. The summed E-state index contributed by atoms with van der Waals surface area (Å²) in [7, 11) is 0. The molecule has 2 saturated heterocycles. The van der Waals surface area contributed by atoms with Crippen LogP contribution in [0.15, 0.2) is 121 Å². The van der Waals surface area contributed by atoms with Crippen molar-refractivity contribution in [2.24, 2.45) is 28.4 Å². The summed E-state index contributed by atoms with van der Waals surface area (Å²) >= 11 is 0. The van der Waals surface area contributed by atoms with Crippen LogP contribution in [0.5, 0.6) is 0 Å². The Bertz CT molecular complexity index is 2290. The molecule has 2 aliphatic heterocycles. The Morgan fingerprint density at radius 1 is 0.591 bits per heavy atom. The SMILES string of the molecule is CC(C)(C)[C@H](c1nc(-c2ccccc2)nn1Cc1ccccc1)N1C[C@@H](CN)COCC1=O.CC(C)(C)[C@H](c1nc(-c2ccccc2)nn1Cc1ccccc1)N1C[C@@H](CO)COCC1=O. The van der Waals surface area contributed by atoms with Crippen LogP contribution in [0.2, 0.25) is 0 Å². The molecule has 14 nitrogen and oxygen atoms in total. The van der Waals surface area contributed by atoms with Gasteiger partial charge in [-0.15, -0.1) is 0 Å². The first kappa shape index (κ1) is 47.9. The van der Waals surface area contributed by atoms with Crippen LogP contribution in [0.4, 0.5) is 0 Å². The number of hydrogen-bond acceptors (Lipinski definition) is 10. The van der Waals surface area contributed by atoms with Crippen molar-refractivity contribution in [3.63, 3.8) is 0 Å². The zero-order valence-corrected chi connectivity index (χ0v) is 39.2. The maximum absolute atomic E-state index is 13.2. The van der Waals surface area contributed by atoms with Crippen LogP contribution in [0, 0.1) is 22.7 Å². The Balaban J connectivity index is 0.000000196. The number of ether oxygens (including phenoxy) is 2. The number of aromatic nitrogens is 6. The summed E-state index contributed by atoms with van der Waals surface area (Å²) in [5.74, 6) is 2.61. The lowest BCUT2D eigenvalue weighted by Gasteiger charge is -2.39. The van der Waals surface area contributed by atoms with Crippen LogP contribution < -0.4 is 5.73 Å². The number of nitrogens with zero attached hydrogens (tertiary/aromatic N) is 8. The minimum atomic E-state index is -0.338. The largest absolute Gasteiger partial charge is 0.396 e. The average Bonchev–Trinajstić information content (AvgIpc) is 3.79. The third kappa shape index (κ3) is 11.8. The molecule has 66 heavy (non-hydrogen) atoms. The van der Waals surface area contributed by atoms with E-state index in [0.29, 0.717) is 57.6 Å². The lowest BCUT2D eigenvalue weighted by atomic mass is 9.84. The zero-order valence-electron chi connectivity index (χ0n) is 39.2. The van der Waals surface area contributed by atoms with E-state index in [2.05, 4.69) is 65.8 Å². The smallest absolute Gasteiger partial charge is 0.249 e. The molecule has 4 atom stereocenters. The summed E-state index contributed by atoms with van der Waals surface area (Å²) in [6.45, 7) is 16.1. The molecule has 14 heteroatoms. The summed E-state index contributed by atoms with van der Waals surface area (Å²) < 4.78 is 15.0. The fraction of sp³-hybridized carbons (Fsp3) is 0.423. The van der Waals surface area contributed by atoms with Crippen molar-refractivity contribution in [1.82, 2.24) is 39.3 Å². The van der Waals surface area contributed by atoms with Gasteiger partial charge in [0.15, 0.2) is 23.3 Å². The number of carbonyl (C=O) groups excluding carboxylic acids is 2. The Morgan fingerprint density at radius 2 is 0.955 bits per heavy atom. The second-order valence-corrected chi connectivity index (χ2v) is 19.4. The number of aliphatic hydroxyl groups excluding tert-OH is 1. The predicted octanol–water partition coefficient (Wildman–Crippen LogP) is 7.06. The Labute approximate surface area is 388 Å². The van der Waals surface area contributed by atoms with E-state index < -0.39 is 0 Å². The minimum Gasteiger partial charge on any atom is -0.396 e. The van der Waals surface area contributed by atoms with Crippen LogP contribution in [0.25, 0.3) is 22.8 Å². The van der Waals surface area contributed by atoms with Gasteiger partial charge in [0.05, 0.1) is 38.4 Å². The van der Waals surface area contributed by atoms with Crippen molar-refractivity contribution < 1.29 is 24.2 Å². The molecule has 2 fully saturated rings. The number of nitrogens with two attached hydrogens (primary N) is 1. The molecule has 2 amide bonds. The molecule has 3 N–H and O–H groups in total. The Kier molecular flexibility index (Phi) is 15.6. The third-order valence-corrected chi connectivity index (χ3v) is 11.9. The molecular formula is C52H65N9O5. The van der Waals surface area contributed by atoms with Gasteiger partial charge in [-0.25, -0.2) is 19.3 Å². The van der Waals surface area contributed by atoms with Gasteiger partial charge in [-0.1, -0.05) is 163 Å². The molecule has 4 aromatic carbocycles. The first-order valence-corrected chi connectivity index (χ1v) is 22.9. The van der Waals surface area contributed by atoms with E-state index in [9.17, 15) is 14.7 Å². The van der Waals surface area contributed by atoms with E-state index in [1.807, 2.05) is 116 Å². The van der Waals surface area contributed by atoms with Crippen LogP contribution >= 0.6 is 0 Å². The van der Waals surface area contributed by atoms with E-state index in [0.717, 1.165) is 33.9 Å². The van der Waals surface area contributed by atoms with Crippen molar-refractivity contribution in [2.75, 3.05) is 52.7 Å². The molecule has 348 valence electrons. The summed E-state index contributed by atoms with van der Waals surface area (Å²) in [5, 5.41) is 19.6. The van der Waals surface area contributed by atoms with Gasteiger partial charge in [0.1, 0.15) is 13.2 Å². The lowest BCUT2D eigenvalue weighted by molar-refractivity contribution is -0.139. The van der Waals surface area contributed by atoms with Gasteiger partial charge in [-0.2, -0.15) is 10.2 Å². The monoisotopic (exact) mass is 896 g/mol. The standard InChI is InChI=1S/C26H33N5O2.C26H32N4O3/c1-26(2,3)23(30-15-20(14-27)17-33-18-22(30)32)25-28-24(21-12-8-5-9-13-21)29-31(25)16-19-10-6-4-7-11-19;1-26(2,3)23(29-14-20(16-31)17-33-18-22(29)32)25-27-24(21-12-8-5-9-13-21)28-30(25)15-19-10-6-4-7-11-19/h4-13,20,23H,14-18,27H2,1-3H3;4-13,20,23,31H,14-18H2,1-3H3/t20-,23+;20-,23-/m10/s1. The fourth-order valence-corrected chi connectivity index (χ4v) is 8.67. The van der Waals surface area contributed by atoms with E-state index in [1.54, 1.807) is 0 Å². The molecule has 2 aromatic heterocycles. The highest BCUT2D eigenvalue weighted by atomic mass is 16.5. The number of carbonyl (C=O) groups is 2. The molecule has 0 saturated carbocycles. The van der Waals surface area contributed by atoms with Crippen LogP contribution in [0.1, 0.15) is 76.4 Å². The van der Waals surface area contributed by atoms with Crippen molar-refractivity contribution in [3.05, 3.63) is 144 Å². The summed E-state index contributed by atoms with van der Waals surface area (Å²) in [6, 6.07) is 39.5. The highest BCUT2D eigenvalue weighted by Crippen LogP contribution is 2.41. The fourth-order valence-electron chi connectivity index (χ4n) is 8.67. The zero-order chi connectivity index (χ0) is 46.8. The first-order valence-electron chi connectivity index (χ1n) is 22.9. The molecule has 0 aliphatic carbocycles. The van der Waals surface area contributed by atoms with Gasteiger partial charge >= 0.3 is 0 Å². The van der Waals surface area contributed by atoms with Crippen molar-refractivity contribution >= 4 is 11.8 Å². The number of amides is 2. The van der Waals surface area contributed by atoms with Crippen LogP contribution in [-0.2, 0) is 32.2 Å². The maximum atomic E-state index is 13.2. The molecule has 4 heterocycles. The number of rotatable bonds is 12. The highest BCUT2D eigenvalue weighted by Gasteiger charge is 2.42. The van der Waals surface area contributed by atoms with Crippen molar-refractivity contribution in [1.29, 1.82) is 0 Å². The van der Waals surface area contributed by atoms with Gasteiger partial charge in [0, 0.05) is 42.7 Å². The Morgan fingerprint density at radius 3 is 1.32 bits per heavy atom. The van der Waals surface area contributed by atoms with E-state index in [4.69, 9.17) is 35.4 Å². The molecule has 6 aromatic rings. The molecule has 8 rings (SSSR count). The predicted molar refractivity (Wildman–Crippen MR) is 255 cm³/mol. The molecule has 0 spiro atoms. The van der Waals surface area contributed by atoms with Crippen molar-refractivity contribution in [2.45, 2.75) is 66.7 Å². The van der Waals surface area contributed by atoms with Crippen LogP contribution in [-0.4, -0.2) is 109 Å². The highest BCUT2D eigenvalue weighted by molar-refractivity contribution is 5.79. The second-order valence-electron chi connectivity index (χ2n) is 19.4. The van der Waals surface area contributed by atoms with Gasteiger partial charge in [0.25, 0.3) is 0 Å². The van der Waals surface area contributed by atoms with Gasteiger partial charge in [-0.3, -0.25) is 9.59 Å². The molecule has 2 aliphatic rings. The summed E-state index contributed by atoms with van der Waals surface area (Å²) in [4.78, 5) is 40.1. The van der Waals surface area contributed by atoms with E-state index in [1.165, 1.54) is 0 Å². The molecular weight excluding hydrogens is 831 g/mol. The number of hydrogen-bond donors (Lipinski definition) is 2. The summed E-state index contributed by atoms with van der Waals surface area (Å²) in [6.07, 6.45) is 0. The molecule has 0 bridgehead atoms. The van der Waals surface area contributed by atoms with E-state index >= 15 is 0 Å². The topological polar surface area (TPSA) is 167 Å². The first-order chi connectivity index (χ1) is 31.7. The molecule has 0 radical (unpaired) electrons. The van der Waals surface area contributed by atoms with Crippen molar-refractivity contribution in [3.8, 4) is 22.8 Å². The number of benzene rings is 4. The normalized spacial score (nSPS) is 18.2. The van der Waals surface area contributed by atoms with Gasteiger partial charge in [-0.05, 0) is 28.5 Å².